The minimum absolute atomic E-state index is 0.462. The van der Waals surface area contributed by atoms with Gasteiger partial charge in [-0.2, -0.15) is 0 Å². The highest BCUT2D eigenvalue weighted by molar-refractivity contribution is 5.73. The lowest BCUT2D eigenvalue weighted by Crippen LogP contribution is -2.51. The number of hydrogen-bond donors (Lipinski definition) is 2. The summed E-state index contributed by atoms with van der Waals surface area (Å²) in [5.74, 6) is -0.907. The Hall–Kier alpha value is -0.610. The van der Waals surface area contributed by atoms with Crippen molar-refractivity contribution < 1.29 is 9.90 Å². The van der Waals surface area contributed by atoms with E-state index in [2.05, 4.69) is 18.7 Å². The molecule has 4 heteroatoms. The Bertz CT molecular complexity index is 198. The Morgan fingerprint density at radius 1 is 1.50 bits per heavy atom. The molecule has 3 N–H and O–H groups in total. The number of aliphatic carboxylic acids is 1. The number of rotatable bonds is 3. The van der Waals surface area contributed by atoms with Crippen LogP contribution in [-0.4, -0.2) is 40.6 Å². The minimum atomic E-state index is -0.907. The Balaban J connectivity index is 2.51. The van der Waals surface area contributed by atoms with Gasteiger partial charge in [-0.1, -0.05) is 6.42 Å². The SMILES string of the molecule is C[C@@H]1CCC[C@H](C)N1CC(N)C(=O)O. The van der Waals surface area contributed by atoms with E-state index in [1.807, 2.05) is 0 Å². The quantitative estimate of drug-likeness (QED) is 0.702. The van der Waals surface area contributed by atoms with E-state index >= 15 is 0 Å². The Labute approximate surface area is 85.1 Å². The second-order valence-electron chi connectivity index (χ2n) is 4.27. The van der Waals surface area contributed by atoms with E-state index < -0.39 is 12.0 Å². The van der Waals surface area contributed by atoms with Crippen molar-refractivity contribution in [2.45, 2.75) is 51.2 Å². The van der Waals surface area contributed by atoms with Crippen molar-refractivity contribution >= 4 is 5.97 Å². The molecule has 0 saturated carbocycles. The first kappa shape index (κ1) is 11.5. The van der Waals surface area contributed by atoms with Crippen molar-refractivity contribution in [1.82, 2.24) is 4.90 Å². The van der Waals surface area contributed by atoms with Crippen LogP contribution in [0.1, 0.15) is 33.1 Å². The summed E-state index contributed by atoms with van der Waals surface area (Å²) in [4.78, 5) is 12.8. The molecule has 0 aromatic rings. The second-order valence-corrected chi connectivity index (χ2v) is 4.27. The zero-order valence-corrected chi connectivity index (χ0v) is 8.94. The maximum atomic E-state index is 10.6. The molecule has 14 heavy (non-hydrogen) atoms. The summed E-state index contributed by atoms with van der Waals surface area (Å²) in [7, 11) is 0. The molecule has 0 radical (unpaired) electrons. The van der Waals surface area contributed by atoms with Gasteiger partial charge in [0.25, 0.3) is 0 Å². The number of carboxylic acid groups (broad SMARTS) is 1. The molecule has 0 aromatic heterocycles. The van der Waals surface area contributed by atoms with Crippen LogP contribution in [-0.2, 0) is 4.79 Å². The van der Waals surface area contributed by atoms with Crippen molar-refractivity contribution in [3.63, 3.8) is 0 Å². The smallest absolute Gasteiger partial charge is 0.321 e. The molecule has 1 aliphatic rings. The van der Waals surface area contributed by atoms with Gasteiger partial charge in [0.15, 0.2) is 0 Å². The summed E-state index contributed by atoms with van der Waals surface area (Å²) >= 11 is 0. The summed E-state index contributed by atoms with van der Waals surface area (Å²) < 4.78 is 0. The van der Waals surface area contributed by atoms with Gasteiger partial charge in [0.1, 0.15) is 6.04 Å². The maximum Gasteiger partial charge on any atom is 0.321 e. The van der Waals surface area contributed by atoms with Crippen LogP contribution in [0, 0.1) is 0 Å². The average Bonchev–Trinajstić information content (AvgIpc) is 2.11. The van der Waals surface area contributed by atoms with E-state index in [1.54, 1.807) is 0 Å². The summed E-state index contributed by atoms with van der Waals surface area (Å²) in [6.45, 7) is 4.76. The number of piperidine rings is 1. The molecule has 1 heterocycles. The lowest BCUT2D eigenvalue weighted by atomic mass is 9.97. The number of carboxylic acids is 1. The van der Waals surface area contributed by atoms with Gasteiger partial charge in [0.2, 0.25) is 0 Å². The Kier molecular flexibility index (Phi) is 3.89. The van der Waals surface area contributed by atoms with Gasteiger partial charge in [-0.05, 0) is 26.7 Å². The molecule has 0 spiro atoms. The first-order valence-electron chi connectivity index (χ1n) is 5.26. The largest absolute Gasteiger partial charge is 0.480 e. The molecule has 1 saturated heterocycles. The van der Waals surface area contributed by atoms with Crippen LogP contribution in [0.15, 0.2) is 0 Å². The van der Waals surface area contributed by atoms with Crippen LogP contribution < -0.4 is 5.73 Å². The minimum Gasteiger partial charge on any atom is -0.480 e. The van der Waals surface area contributed by atoms with Gasteiger partial charge >= 0.3 is 5.97 Å². The average molecular weight is 200 g/mol. The van der Waals surface area contributed by atoms with E-state index in [1.165, 1.54) is 6.42 Å². The van der Waals surface area contributed by atoms with E-state index in [-0.39, 0.29) is 0 Å². The predicted octanol–water partition coefficient (Wildman–Crippen LogP) is 0.661. The van der Waals surface area contributed by atoms with Crippen molar-refractivity contribution in [1.29, 1.82) is 0 Å². The van der Waals surface area contributed by atoms with Gasteiger partial charge < -0.3 is 10.8 Å². The third kappa shape index (κ3) is 2.69. The predicted molar refractivity (Wildman–Crippen MR) is 55.1 cm³/mol. The van der Waals surface area contributed by atoms with E-state index in [0.717, 1.165) is 12.8 Å². The molecular weight excluding hydrogens is 180 g/mol. The fourth-order valence-electron chi connectivity index (χ4n) is 2.14. The number of nitrogens with zero attached hydrogens (tertiary/aromatic N) is 1. The maximum absolute atomic E-state index is 10.6. The van der Waals surface area contributed by atoms with Crippen LogP contribution in [0.2, 0.25) is 0 Å². The summed E-state index contributed by atoms with van der Waals surface area (Å²) in [6, 6.07) is 0.172. The zero-order valence-electron chi connectivity index (χ0n) is 8.94. The van der Waals surface area contributed by atoms with E-state index in [0.29, 0.717) is 18.6 Å². The van der Waals surface area contributed by atoms with E-state index in [9.17, 15) is 4.79 Å². The summed E-state index contributed by atoms with van der Waals surface area (Å²) in [5, 5.41) is 8.73. The van der Waals surface area contributed by atoms with Gasteiger partial charge in [-0.3, -0.25) is 9.69 Å². The standard InChI is InChI=1S/C10H20N2O2/c1-7-4-3-5-8(2)12(7)6-9(11)10(13)14/h7-9H,3-6,11H2,1-2H3,(H,13,14)/t7-,8+,9?. The second kappa shape index (κ2) is 4.75. The fraction of sp³-hybridized carbons (Fsp3) is 0.900. The van der Waals surface area contributed by atoms with Crippen LogP contribution in [0.5, 0.6) is 0 Å². The van der Waals surface area contributed by atoms with E-state index in [4.69, 9.17) is 10.8 Å². The first-order chi connectivity index (χ1) is 6.52. The molecular formula is C10H20N2O2. The monoisotopic (exact) mass is 200 g/mol. The topological polar surface area (TPSA) is 66.6 Å². The molecule has 0 bridgehead atoms. The Morgan fingerprint density at radius 3 is 2.43 bits per heavy atom. The highest BCUT2D eigenvalue weighted by atomic mass is 16.4. The lowest BCUT2D eigenvalue weighted by molar-refractivity contribution is -0.139. The molecule has 3 atom stereocenters. The van der Waals surface area contributed by atoms with Crippen molar-refractivity contribution in [2.24, 2.45) is 5.73 Å². The van der Waals surface area contributed by atoms with Crippen molar-refractivity contribution in [3.8, 4) is 0 Å². The summed E-state index contributed by atoms with van der Waals surface area (Å²) in [6.07, 6.45) is 3.54. The normalized spacial score (nSPS) is 31.4. The molecule has 0 amide bonds. The van der Waals surface area contributed by atoms with Gasteiger partial charge in [0, 0.05) is 18.6 Å². The third-order valence-electron chi connectivity index (χ3n) is 3.10. The molecule has 0 aliphatic carbocycles. The first-order valence-corrected chi connectivity index (χ1v) is 5.26. The third-order valence-corrected chi connectivity index (χ3v) is 3.10. The molecule has 1 fully saturated rings. The van der Waals surface area contributed by atoms with Gasteiger partial charge in [0.05, 0.1) is 0 Å². The number of likely N-dealkylation sites (tertiary alicyclic amines) is 1. The molecule has 1 unspecified atom stereocenters. The molecule has 4 nitrogen and oxygen atoms in total. The van der Waals surface area contributed by atoms with Crippen LogP contribution >= 0.6 is 0 Å². The fourth-order valence-corrected chi connectivity index (χ4v) is 2.14. The van der Waals surface area contributed by atoms with Gasteiger partial charge in [-0.15, -0.1) is 0 Å². The van der Waals surface area contributed by atoms with Crippen LogP contribution in [0.4, 0.5) is 0 Å². The zero-order chi connectivity index (χ0) is 10.7. The van der Waals surface area contributed by atoms with Crippen LogP contribution in [0.25, 0.3) is 0 Å². The number of carbonyl (C=O) groups is 1. The lowest BCUT2D eigenvalue weighted by Gasteiger charge is -2.39. The molecule has 1 aliphatic heterocycles. The highest BCUT2D eigenvalue weighted by Crippen LogP contribution is 2.22. The van der Waals surface area contributed by atoms with Crippen LogP contribution in [0.3, 0.4) is 0 Å². The molecule has 1 rings (SSSR count). The number of nitrogens with two attached hydrogens (primary N) is 1. The Morgan fingerprint density at radius 2 is 2.00 bits per heavy atom. The summed E-state index contributed by atoms with van der Waals surface area (Å²) in [5.41, 5.74) is 5.53. The molecule has 0 aromatic carbocycles. The number of hydrogen-bond acceptors (Lipinski definition) is 3. The molecule has 82 valence electrons. The highest BCUT2D eigenvalue weighted by Gasteiger charge is 2.27. The van der Waals surface area contributed by atoms with Gasteiger partial charge in [-0.25, -0.2) is 0 Å². The van der Waals surface area contributed by atoms with Crippen molar-refractivity contribution in [3.05, 3.63) is 0 Å². The van der Waals surface area contributed by atoms with Crippen molar-refractivity contribution in [2.75, 3.05) is 6.54 Å².